The Morgan fingerprint density at radius 3 is 2.45 bits per heavy atom. The molecular formula is C32H32N2O8. The summed E-state index contributed by atoms with van der Waals surface area (Å²) in [6.45, 7) is 1.81. The summed E-state index contributed by atoms with van der Waals surface area (Å²) < 4.78 is 5.66. The van der Waals surface area contributed by atoms with Crippen molar-refractivity contribution in [2.75, 3.05) is 18.6 Å². The number of benzene rings is 2. The summed E-state index contributed by atoms with van der Waals surface area (Å²) in [7, 11) is 1.47. The minimum absolute atomic E-state index is 0.0179. The maximum Gasteiger partial charge on any atom is 0.303 e. The van der Waals surface area contributed by atoms with Gasteiger partial charge in [0, 0.05) is 30.5 Å². The van der Waals surface area contributed by atoms with E-state index in [0.29, 0.717) is 23.4 Å². The van der Waals surface area contributed by atoms with Crippen molar-refractivity contribution in [3.63, 3.8) is 0 Å². The Kier molecular flexibility index (Phi) is 6.67. The molecular weight excluding hydrogens is 540 g/mol. The van der Waals surface area contributed by atoms with Crippen molar-refractivity contribution in [1.29, 1.82) is 0 Å². The van der Waals surface area contributed by atoms with Crippen LogP contribution < -0.4 is 9.64 Å². The topological polar surface area (TPSA) is 142 Å². The number of allylic oxidation sites excluding steroid dienone is 2. The maximum absolute atomic E-state index is 14.4. The van der Waals surface area contributed by atoms with Crippen molar-refractivity contribution in [2.24, 2.45) is 29.1 Å². The third-order valence-corrected chi connectivity index (χ3v) is 9.68. The molecule has 6 unspecified atom stereocenters. The second kappa shape index (κ2) is 10.1. The number of amides is 4. The number of anilines is 1. The highest BCUT2D eigenvalue weighted by molar-refractivity contribution is 6.24. The Labute approximate surface area is 242 Å². The van der Waals surface area contributed by atoms with Gasteiger partial charge in [-0.15, -0.1) is 0 Å². The predicted molar refractivity (Wildman–Crippen MR) is 149 cm³/mol. The number of phenolic OH excluding ortho intramolecular Hbond substituents is 1. The summed E-state index contributed by atoms with van der Waals surface area (Å²) in [5.74, 6) is -5.31. The Morgan fingerprint density at radius 2 is 1.76 bits per heavy atom. The van der Waals surface area contributed by atoms with Crippen molar-refractivity contribution < 1.29 is 38.9 Å². The number of hydrogen-bond acceptors (Lipinski definition) is 7. The molecule has 6 rings (SSSR count). The third-order valence-electron chi connectivity index (χ3n) is 9.68. The zero-order valence-corrected chi connectivity index (χ0v) is 23.4. The SMILES string of the molecule is COc1cc(O)ccc1C1C2=CCC3C(=O)N(CCCC(=O)O)C(=O)C3C2CC2C(=O)N(c3ccccc3)C(=O)C21C. The average molecular weight is 573 g/mol. The summed E-state index contributed by atoms with van der Waals surface area (Å²) in [6, 6.07) is 13.4. The molecule has 2 N–H and O–H groups in total. The number of methoxy groups -OCH3 is 1. The molecule has 0 aromatic heterocycles. The molecule has 4 amide bonds. The molecule has 6 atom stereocenters. The molecule has 2 aliphatic heterocycles. The van der Waals surface area contributed by atoms with Gasteiger partial charge in [-0.1, -0.05) is 35.9 Å². The molecule has 2 saturated heterocycles. The summed E-state index contributed by atoms with van der Waals surface area (Å²) in [5, 5.41) is 19.3. The van der Waals surface area contributed by atoms with Gasteiger partial charge < -0.3 is 14.9 Å². The van der Waals surface area contributed by atoms with Gasteiger partial charge in [0.15, 0.2) is 0 Å². The minimum Gasteiger partial charge on any atom is -0.508 e. The van der Waals surface area contributed by atoms with Crippen molar-refractivity contribution >= 4 is 35.3 Å². The van der Waals surface area contributed by atoms with Gasteiger partial charge in [-0.2, -0.15) is 0 Å². The molecule has 0 spiro atoms. The van der Waals surface area contributed by atoms with E-state index in [1.54, 1.807) is 43.3 Å². The van der Waals surface area contributed by atoms with Crippen LogP contribution in [0.3, 0.4) is 0 Å². The van der Waals surface area contributed by atoms with Gasteiger partial charge in [0.25, 0.3) is 0 Å². The minimum atomic E-state index is -1.22. The summed E-state index contributed by atoms with van der Waals surface area (Å²) >= 11 is 0. The molecule has 2 aromatic rings. The van der Waals surface area contributed by atoms with Crippen LogP contribution in [0.15, 0.2) is 60.2 Å². The Morgan fingerprint density at radius 1 is 1.02 bits per heavy atom. The zero-order valence-electron chi connectivity index (χ0n) is 23.4. The van der Waals surface area contributed by atoms with Crippen LogP contribution in [-0.4, -0.2) is 58.4 Å². The molecule has 0 radical (unpaired) electrons. The van der Waals surface area contributed by atoms with E-state index in [1.807, 2.05) is 6.08 Å². The normalized spacial score (nSPS) is 30.1. The predicted octanol–water partition coefficient (Wildman–Crippen LogP) is 3.50. The number of phenols is 1. The first-order chi connectivity index (χ1) is 20.1. The number of rotatable bonds is 7. The van der Waals surface area contributed by atoms with E-state index < -0.39 is 41.0 Å². The summed E-state index contributed by atoms with van der Waals surface area (Å²) in [5.41, 5.74) is 0.664. The molecule has 0 bridgehead atoms. The average Bonchev–Trinajstić information content (AvgIpc) is 3.33. The van der Waals surface area contributed by atoms with Crippen LogP contribution in [0.4, 0.5) is 5.69 Å². The van der Waals surface area contributed by atoms with E-state index in [9.17, 15) is 29.1 Å². The van der Waals surface area contributed by atoms with Gasteiger partial charge >= 0.3 is 5.97 Å². The van der Waals surface area contributed by atoms with Gasteiger partial charge in [-0.25, -0.2) is 4.90 Å². The second-order valence-corrected chi connectivity index (χ2v) is 11.7. The molecule has 2 heterocycles. The van der Waals surface area contributed by atoms with E-state index in [1.165, 1.54) is 29.0 Å². The lowest BCUT2D eigenvalue weighted by Gasteiger charge is -2.49. The number of carbonyl (C=O) groups is 5. The molecule has 10 nitrogen and oxygen atoms in total. The Hall–Kier alpha value is -4.47. The number of nitrogens with zero attached hydrogens (tertiary/aromatic N) is 2. The van der Waals surface area contributed by atoms with E-state index in [-0.39, 0.29) is 55.2 Å². The number of fused-ring (bicyclic) bond motifs is 4. The van der Waals surface area contributed by atoms with Crippen LogP contribution in [0.2, 0.25) is 0 Å². The van der Waals surface area contributed by atoms with E-state index in [4.69, 9.17) is 9.84 Å². The van der Waals surface area contributed by atoms with Crippen LogP contribution >= 0.6 is 0 Å². The van der Waals surface area contributed by atoms with Crippen LogP contribution in [0, 0.1) is 29.1 Å². The van der Waals surface area contributed by atoms with Crippen molar-refractivity contribution in [1.82, 2.24) is 4.90 Å². The number of likely N-dealkylation sites (tertiary alicyclic amines) is 1. The number of carbonyl (C=O) groups excluding carboxylic acids is 4. The van der Waals surface area contributed by atoms with Crippen molar-refractivity contribution in [3.05, 3.63) is 65.7 Å². The third kappa shape index (κ3) is 3.95. The molecule has 2 aromatic carbocycles. The lowest BCUT2D eigenvalue weighted by Crippen LogP contribution is -2.49. The van der Waals surface area contributed by atoms with Gasteiger partial charge in [-0.05, 0) is 50.3 Å². The van der Waals surface area contributed by atoms with Crippen LogP contribution in [0.1, 0.15) is 44.1 Å². The number of para-hydroxylation sites is 1. The Bertz CT molecular complexity index is 1530. The zero-order chi connectivity index (χ0) is 29.9. The van der Waals surface area contributed by atoms with E-state index in [0.717, 1.165) is 5.57 Å². The maximum atomic E-state index is 14.4. The highest BCUT2D eigenvalue weighted by Crippen LogP contribution is 2.64. The van der Waals surface area contributed by atoms with Crippen LogP contribution in [0.5, 0.6) is 11.5 Å². The first kappa shape index (κ1) is 27.7. The smallest absolute Gasteiger partial charge is 0.303 e. The van der Waals surface area contributed by atoms with Crippen molar-refractivity contribution in [2.45, 2.75) is 38.5 Å². The number of hydrogen-bond donors (Lipinski definition) is 2. The largest absolute Gasteiger partial charge is 0.508 e. The lowest BCUT2D eigenvalue weighted by molar-refractivity contribution is -0.142. The molecule has 2 aliphatic carbocycles. The molecule has 42 heavy (non-hydrogen) atoms. The fraction of sp³-hybridized carbons (Fsp3) is 0.406. The van der Waals surface area contributed by atoms with Crippen LogP contribution in [-0.2, 0) is 24.0 Å². The van der Waals surface area contributed by atoms with Crippen LogP contribution in [0.25, 0.3) is 0 Å². The molecule has 218 valence electrons. The summed E-state index contributed by atoms with van der Waals surface area (Å²) in [4.78, 5) is 69.2. The lowest BCUT2D eigenvalue weighted by atomic mass is 9.51. The molecule has 3 fully saturated rings. The highest BCUT2D eigenvalue weighted by Gasteiger charge is 2.67. The second-order valence-electron chi connectivity index (χ2n) is 11.7. The fourth-order valence-corrected chi connectivity index (χ4v) is 7.79. The van der Waals surface area contributed by atoms with E-state index in [2.05, 4.69) is 0 Å². The number of carboxylic acids is 1. The first-order valence-corrected chi connectivity index (χ1v) is 14.2. The van der Waals surface area contributed by atoms with Crippen molar-refractivity contribution in [3.8, 4) is 11.5 Å². The molecule has 4 aliphatic rings. The quantitative estimate of drug-likeness (QED) is 0.379. The van der Waals surface area contributed by atoms with Gasteiger partial charge in [0.2, 0.25) is 23.6 Å². The monoisotopic (exact) mass is 572 g/mol. The molecule has 10 heteroatoms. The van der Waals surface area contributed by atoms with E-state index >= 15 is 0 Å². The number of carboxylic acid groups (broad SMARTS) is 1. The summed E-state index contributed by atoms with van der Waals surface area (Å²) in [6.07, 6.45) is 2.45. The Balaban J connectivity index is 1.47. The highest BCUT2D eigenvalue weighted by atomic mass is 16.5. The molecule has 1 saturated carbocycles. The van der Waals surface area contributed by atoms with Gasteiger partial charge in [0.05, 0.1) is 36.0 Å². The number of ether oxygens (including phenoxy) is 1. The first-order valence-electron chi connectivity index (χ1n) is 14.2. The number of aliphatic carboxylic acids is 1. The number of aromatic hydroxyl groups is 1. The standard InChI is InChI=1S/C32H32N2O8/c1-32-23(29(39)34(31(32)41)17-7-4-3-5-8-17)16-22-19(27(32)20-11-10-18(35)15-24(20)42-2)12-13-21-26(22)30(40)33(28(21)38)14-6-9-25(36)37/h3-5,7-8,10-12,15,21-23,26-27,35H,6,9,13-14,16H2,1-2H3,(H,36,37). The number of imide groups is 2. The van der Waals surface area contributed by atoms with Gasteiger partial charge in [0.1, 0.15) is 11.5 Å². The fourth-order valence-electron chi connectivity index (χ4n) is 7.79. The van der Waals surface area contributed by atoms with Gasteiger partial charge in [-0.3, -0.25) is 28.9 Å².